The summed E-state index contributed by atoms with van der Waals surface area (Å²) in [6.45, 7) is 2.48. The lowest BCUT2D eigenvalue weighted by Gasteiger charge is -2.43. The molecule has 4 aromatic rings. The first kappa shape index (κ1) is 28.0. The molecule has 10 heteroatoms. The Balaban J connectivity index is 1.15. The summed E-state index contributed by atoms with van der Waals surface area (Å²) in [5, 5.41) is 1.54. The molecule has 44 heavy (non-hydrogen) atoms. The number of imide groups is 1. The van der Waals surface area contributed by atoms with Gasteiger partial charge in [0.2, 0.25) is 11.8 Å². The van der Waals surface area contributed by atoms with Crippen LogP contribution in [0.2, 0.25) is 5.02 Å². The summed E-state index contributed by atoms with van der Waals surface area (Å²) in [7, 11) is 1.63. The Bertz CT molecular complexity index is 1870. The number of fused-ring (bicyclic) bond motifs is 9. The van der Waals surface area contributed by atoms with Crippen molar-refractivity contribution in [3.8, 4) is 11.5 Å². The minimum Gasteiger partial charge on any atom is -0.493 e. The van der Waals surface area contributed by atoms with E-state index >= 15 is 0 Å². The number of ether oxygens (including phenoxy) is 2. The molecule has 3 heterocycles. The number of H-pyrrole nitrogens is 1. The van der Waals surface area contributed by atoms with E-state index in [0.717, 1.165) is 33.0 Å². The number of aromatic nitrogens is 1. The number of aryl methyl sites for hydroxylation is 1. The Morgan fingerprint density at radius 2 is 1.70 bits per heavy atom. The molecule has 6 unspecified atom stereocenters. The molecular weight excluding hydrogens is 616 g/mol. The number of thiazole rings is 1. The molecule has 2 bridgehead atoms. The first-order valence-corrected chi connectivity index (χ1v) is 16.8. The van der Waals surface area contributed by atoms with Crippen molar-refractivity contribution in [1.82, 2.24) is 4.98 Å². The second kappa shape index (κ2) is 10.5. The molecular formula is C34H29ClN2O5S2. The molecule has 8 rings (SSSR count). The van der Waals surface area contributed by atoms with Gasteiger partial charge in [-0.25, -0.2) is 0 Å². The predicted molar refractivity (Wildman–Crippen MR) is 171 cm³/mol. The van der Waals surface area contributed by atoms with E-state index in [4.69, 9.17) is 21.1 Å². The highest BCUT2D eigenvalue weighted by Gasteiger charge is 2.69. The van der Waals surface area contributed by atoms with Gasteiger partial charge < -0.3 is 14.5 Å². The van der Waals surface area contributed by atoms with E-state index in [1.807, 2.05) is 24.3 Å². The zero-order chi connectivity index (χ0) is 30.3. The van der Waals surface area contributed by atoms with E-state index in [-0.39, 0.29) is 57.4 Å². The number of carbonyl (C=O) groups excluding carboxylic acids is 2. The molecule has 2 amide bonds. The molecule has 0 spiro atoms. The molecule has 224 valence electrons. The van der Waals surface area contributed by atoms with Crippen LogP contribution in [-0.4, -0.2) is 29.2 Å². The molecule has 2 aliphatic heterocycles. The second-order valence-corrected chi connectivity index (χ2v) is 14.7. The molecule has 2 aliphatic carbocycles. The molecule has 3 aromatic carbocycles. The van der Waals surface area contributed by atoms with Crippen molar-refractivity contribution in [2.45, 2.75) is 36.1 Å². The van der Waals surface area contributed by atoms with Crippen LogP contribution in [0.1, 0.15) is 33.9 Å². The Kier molecular flexibility index (Phi) is 6.70. The van der Waals surface area contributed by atoms with Gasteiger partial charge in [-0.2, -0.15) is 0 Å². The first-order valence-electron chi connectivity index (χ1n) is 14.7. The lowest BCUT2D eigenvalue weighted by Crippen LogP contribution is -2.42. The van der Waals surface area contributed by atoms with Gasteiger partial charge in [0, 0.05) is 21.1 Å². The average Bonchev–Trinajstić information content (AvgIpc) is 3.76. The normalized spacial score (nSPS) is 28.2. The van der Waals surface area contributed by atoms with E-state index in [1.165, 1.54) is 16.2 Å². The van der Waals surface area contributed by atoms with Gasteiger partial charge >= 0.3 is 4.87 Å². The van der Waals surface area contributed by atoms with Crippen molar-refractivity contribution < 1.29 is 19.1 Å². The molecule has 1 N–H and O–H groups in total. The zero-order valence-corrected chi connectivity index (χ0v) is 26.4. The molecule has 1 aromatic heterocycles. The summed E-state index contributed by atoms with van der Waals surface area (Å²) in [5.74, 6) is 0.359. The molecule has 2 saturated carbocycles. The van der Waals surface area contributed by atoms with Crippen LogP contribution in [0.25, 0.3) is 0 Å². The van der Waals surface area contributed by atoms with Gasteiger partial charge in [-0.1, -0.05) is 53.3 Å². The van der Waals surface area contributed by atoms with Gasteiger partial charge in [0.25, 0.3) is 0 Å². The molecule has 1 saturated heterocycles. The number of hydrogen-bond acceptors (Lipinski definition) is 7. The minimum absolute atomic E-state index is 0.0228. The number of nitrogens with one attached hydrogen (secondary N) is 1. The largest absolute Gasteiger partial charge is 0.493 e. The summed E-state index contributed by atoms with van der Waals surface area (Å²) in [5.41, 5.74) is 3.85. The number of hydrogen-bond donors (Lipinski definition) is 1. The monoisotopic (exact) mass is 644 g/mol. The SMILES string of the molecule is COc1cc([C@H]2c3sc(=O)[nH]c3SC3C4CC(C5C(=O)N(c6ccc(Cl)cc6)C(=O)C45)C32)ccc1OCc1ccccc1C. The fourth-order valence-electron chi connectivity index (χ4n) is 8.16. The summed E-state index contributed by atoms with van der Waals surface area (Å²) < 4.78 is 12.0. The van der Waals surface area contributed by atoms with E-state index in [2.05, 4.69) is 30.1 Å². The molecule has 7 atom stereocenters. The molecule has 3 fully saturated rings. The number of rotatable bonds is 6. The third kappa shape index (κ3) is 4.19. The van der Waals surface area contributed by atoms with Crippen molar-refractivity contribution in [1.29, 1.82) is 0 Å². The standard InChI is InChI=1S/C34H29ClN2O5S2/c1-16-5-3-4-6-18(16)15-42-23-12-7-17(13-24(23)41-2)25-26-21-14-22(29(26)43-31-30(25)44-34(40)36-31)28-27(21)32(38)37(33(28)39)20-10-8-19(35)9-11-20/h3-13,21-22,25-29H,14-15H2,1-2H3,(H,36,40)/t21?,22?,25-,26?,27?,28?,29?/m1/s1. The van der Waals surface area contributed by atoms with Gasteiger partial charge in [0.1, 0.15) is 6.61 Å². The van der Waals surface area contributed by atoms with E-state index in [0.29, 0.717) is 28.8 Å². The van der Waals surface area contributed by atoms with Crippen molar-refractivity contribution in [3.05, 3.63) is 103 Å². The number of halogens is 1. The van der Waals surface area contributed by atoms with Gasteiger partial charge in [0.15, 0.2) is 11.5 Å². The number of methoxy groups -OCH3 is 1. The number of carbonyl (C=O) groups is 2. The van der Waals surface area contributed by atoms with Gasteiger partial charge in [-0.15, -0.1) is 11.8 Å². The Morgan fingerprint density at radius 3 is 2.45 bits per heavy atom. The molecule has 4 aliphatic rings. The fraction of sp³-hybridized carbons (Fsp3) is 0.324. The van der Waals surface area contributed by atoms with Crippen molar-refractivity contribution >= 4 is 52.2 Å². The van der Waals surface area contributed by atoms with E-state index in [9.17, 15) is 14.4 Å². The maximum absolute atomic E-state index is 14.0. The quantitative estimate of drug-likeness (QED) is 0.236. The number of benzene rings is 3. The lowest BCUT2D eigenvalue weighted by molar-refractivity contribution is -0.123. The van der Waals surface area contributed by atoms with Crippen LogP contribution < -0.4 is 19.2 Å². The number of amides is 2. The maximum atomic E-state index is 14.0. The smallest absolute Gasteiger partial charge is 0.305 e. The van der Waals surface area contributed by atoms with Crippen molar-refractivity contribution in [3.63, 3.8) is 0 Å². The molecule has 0 radical (unpaired) electrons. The van der Waals surface area contributed by atoms with Crippen molar-refractivity contribution in [2.75, 3.05) is 12.0 Å². The molecule has 7 nitrogen and oxygen atoms in total. The highest BCUT2D eigenvalue weighted by molar-refractivity contribution is 8.00. The lowest BCUT2D eigenvalue weighted by atomic mass is 9.68. The highest BCUT2D eigenvalue weighted by Crippen LogP contribution is 2.68. The Labute approximate surface area is 267 Å². The number of nitrogens with zero attached hydrogens (tertiary/aromatic N) is 1. The van der Waals surface area contributed by atoms with Crippen LogP contribution in [0.15, 0.2) is 76.6 Å². The number of aromatic amines is 1. The van der Waals surface area contributed by atoms with Gasteiger partial charge in [-0.05, 0) is 84.2 Å². The topological polar surface area (TPSA) is 88.7 Å². The second-order valence-electron chi connectivity index (χ2n) is 12.1. The predicted octanol–water partition coefficient (Wildman–Crippen LogP) is 6.66. The van der Waals surface area contributed by atoms with Crippen molar-refractivity contribution in [2.24, 2.45) is 29.6 Å². The zero-order valence-electron chi connectivity index (χ0n) is 24.0. The van der Waals surface area contributed by atoms with Crippen LogP contribution in [-0.2, 0) is 16.2 Å². The summed E-state index contributed by atoms with van der Waals surface area (Å²) in [4.78, 5) is 45.8. The van der Waals surface area contributed by atoms with Gasteiger partial charge in [-0.3, -0.25) is 19.3 Å². The van der Waals surface area contributed by atoms with Gasteiger partial charge in [0.05, 0.1) is 29.7 Å². The van der Waals surface area contributed by atoms with E-state index in [1.54, 1.807) is 43.1 Å². The average molecular weight is 645 g/mol. The Hall–Kier alpha value is -3.53. The summed E-state index contributed by atoms with van der Waals surface area (Å²) >= 11 is 9.02. The van der Waals surface area contributed by atoms with Crippen LogP contribution >= 0.6 is 34.7 Å². The third-order valence-electron chi connectivity index (χ3n) is 10.00. The minimum atomic E-state index is -0.372. The third-order valence-corrected chi connectivity index (χ3v) is 12.8. The highest BCUT2D eigenvalue weighted by atomic mass is 35.5. The van der Waals surface area contributed by atoms with Crippen LogP contribution in [0.3, 0.4) is 0 Å². The Morgan fingerprint density at radius 1 is 0.955 bits per heavy atom. The summed E-state index contributed by atoms with van der Waals surface area (Å²) in [6.07, 6.45) is 0.827. The van der Waals surface area contributed by atoms with Crippen LogP contribution in [0.5, 0.6) is 11.5 Å². The summed E-state index contributed by atoms with van der Waals surface area (Å²) in [6, 6.07) is 21.0. The van der Waals surface area contributed by atoms with Crippen LogP contribution in [0.4, 0.5) is 5.69 Å². The number of anilines is 1. The van der Waals surface area contributed by atoms with Crippen LogP contribution in [0, 0.1) is 36.5 Å². The fourth-order valence-corrected chi connectivity index (χ4v) is 11.2. The number of thioether (sulfide) groups is 1. The maximum Gasteiger partial charge on any atom is 0.305 e. The van der Waals surface area contributed by atoms with E-state index < -0.39 is 0 Å². The first-order chi connectivity index (χ1) is 21.3.